The number of amides is 2. The SMILES string of the molecule is CC(=O)N(CCNC(=O)C1CCCCC1)c1cccc(C)c1. The van der Waals surface area contributed by atoms with Crippen molar-refractivity contribution in [1.29, 1.82) is 0 Å². The Kier molecular flexibility index (Phi) is 5.99. The minimum absolute atomic E-state index is 0.00230. The molecule has 2 amide bonds. The molecule has 0 bridgehead atoms. The quantitative estimate of drug-likeness (QED) is 0.909. The zero-order chi connectivity index (χ0) is 15.9. The Bertz CT molecular complexity index is 522. The molecule has 22 heavy (non-hydrogen) atoms. The first-order chi connectivity index (χ1) is 10.6. The second kappa shape index (κ2) is 7.97. The lowest BCUT2D eigenvalue weighted by Gasteiger charge is -2.24. The van der Waals surface area contributed by atoms with E-state index in [1.54, 1.807) is 11.8 Å². The molecular weight excluding hydrogens is 276 g/mol. The number of hydrogen-bond acceptors (Lipinski definition) is 2. The maximum atomic E-state index is 12.1. The number of anilines is 1. The van der Waals surface area contributed by atoms with Gasteiger partial charge in [-0.15, -0.1) is 0 Å². The molecule has 2 rings (SSSR count). The zero-order valence-electron chi connectivity index (χ0n) is 13.6. The molecule has 1 fully saturated rings. The van der Waals surface area contributed by atoms with Crippen molar-refractivity contribution in [2.75, 3.05) is 18.0 Å². The number of rotatable bonds is 5. The minimum atomic E-state index is -0.00230. The topological polar surface area (TPSA) is 49.4 Å². The number of carbonyl (C=O) groups is 2. The van der Waals surface area contributed by atoms with E-state index in [-0.39, 0.29) is 17.7 Å². The largest absolute Gasteiger partial charge is 0.354 e. The zero-order valence-corrected chi connectivity index (χ0v) is 13.6. The number of nitrogens with one attached hydrogen (secondary N) is 1. The van der Waals surface area contributed by atoms with Crippen LogP contribution in [0.2, 0.25) is 0 Å². The van der Waals surface area contributed by atoms with Crippen LogP contribution in [0.4, 0.5) is 5.69 Å². The molecule has 0 aromatic heterocycles. The standard InChI is InChI=1S/C18H26N2O2/c1-14-7-6-10-17(13-14)20(15(2)21)12-11-19-18(22)16-8-4-3-5-9-16/h6-7,10,13,16H,3-5,8-9,11-12H2,1-2H3,(H,19,22). The summed E-state index contributed by atoms with van der Waals surface area (Å²) in [5.74, 6) is 0.309. The van der Waals surface area contributed by atoms with E-state index in [0.717, 1.165) is 36.9 Å². The van der Waals surface area contributed by atoms with Gasteiger partial charge in [0.05, 0.1) is 0 Å². The van der Waals surface area contributed by atoms with E-state index in [2.05, 4.69) is 5.32 Å². The van der Waals surface area contributed by atoms with E-state index in [9.17, 15) is 9.59 Å². The molecule has 1 aromatic rings. The van der Waals surface area contributed by atoms with E-state index >= 15 is 0 Å². The van der Waals surface area contributed by atoms with Gasteiger partial charge in [0.1, 0.15) is 0 Å². The van der Waals surface area contributed by atoms with Crippen molar-refractivity contribution in [3.8, 4) is 0 Å². The van der Waals surface area contributed by atoms with Gasteiger partial charge in [-0.3, -0.25) is 9.59 Å². The molecule has 0 saturated heterocycles. The van der Waals surface area contributed by atoms with Gasteiger partial charge < -0.3 is 10.2 Å². The maximum Gasteiger partial charge on any atom is 0.223 e. The molecule has 1 saturated carbocycles. The first-order valence-electron chi connectivity index (χ1n) is 8.20. The van der Waals surface area contributed by atoms with Crippen molar-refractivity contribution in [1.82, 2.24) is 5.32 Å². The van der Waals surface area contributed by atoms with E-state index in [0.29, 0.717) is 13.1 Å². The summed E-state index contributed by atoms with van der Waals surface area (Å²) in [6, 6.07) is 7.87. The molecule has 0 unspecified atom stereocenters. The molecule has 1 aliphatic carbocycles. The fraction of sp³-hybridized carbons (Fsp3) is 0.556. The van der Waals surface area contributed by atoms with Gasteiger partial charge in [-0.2, -0.15) is 0 Å². The number of carbonyl (C=O) groups excluding carboxylic acids is 2. The number of aryl methyl sites for hydroxylation is 1. The molecule has 0 aliphatic heterocycles. The van der Waals surface area contributed by atoms with Crippen LogP contribution in [0.15, 0.2) is 24.3 Å². The highest BCUT2D eigenvalue weighted by Gasteiger charge is 2.21. The minimum Gasteiger partial charge on any atom is -0.354 e. The molecule has 120 valence electrons. The summed E-state index contributed by atoms with van der Waals surface area (Å²) < 4.78 is 0. The van der Waals surface area contributed by atoms with Crippen molar-refractivity contribution >= 4 is 17.5 Å². The Labute approximate surface area is 132 Å². The molecule has 4 heteroatoms. The molecule has 0 spiro atoms. The average molecular weight is 302 g/mol. The van der Waals surface area contributed by atoms with Gasteiger partial charge in [-0.1, -0.05) is 31.4 Å². The first-order valence-corrected chi connectivity index (χ1v) is 8.20. The lowest BCUT2D eigenvalue weighted by molar-refractivity contribution is -0.126. The lowest BCUT2D eigenvalue weighted by atomic mass is 9.89. The fourth-order valence-corrected chi connectivity index (χ4v) is 3.06. The van der Waals surface area contributed by atoms with Crippen molar-refractivity contribution in [2.45, 2.75) is 46.0 Å². The highest BCUT2D eigenvalue weighted by molar-refractivity contribution is 5.91. The smallest absolute Gasteiger partial charge is 0.223 e. The van der Waals surface area contributed by atoms with Crippen LogP contribution in [0.3, 0.4) is 0 Å². The van der Waals surface area contributed by atoms with Crippen LogP contribution in [-0.2, 0) is 9.59 Å². The van der Waals surface area contributed by atoms with E-state index in [4.69, 9.17) is 0 Å². The summed E-state index contributed by atoms with van der Waals surface area (Å²) in [5, 5.41) is 2.99. The van der Waals surface area contributed by atoms with Crippen molar-refractivity contribution in [3.63, 3.8) is 0 Å². The van der Waals surface area contributed by atoms with Gasteiger partial charge in [-0.05, 0) is 37.5 Å². The Morgan fingerprint density at radius 3 is 2.59 bits per heavy atom. The van der Waals surface area contributed by atoms with Crippen LogP contribution in [-0.4, -0.2) is 24.9 Å². The molecule has 4 nitrogen and oxygen atoms in total. The van der Waals surface area contributed by atoms with E-state index < -0.39 is 0 Å². The van der Waals surface area contributed by atoms with Crippen molar-refractivity contribution in [3.05, 3.63) is 29.8 Å². The summed E-state index contributed by atoms with van der Waals surface area (Å²) in [5.41, 5.74) is 2.01. The summed E-state index contributed by atoms with van der Waals surface area (Å²) in [6.45, 7) is 4.58. The van der Waals surface area contributed by atoms with Crippen LogP contribution in [0, 0.1) is 12.8 Å². The Morgan fingerprint density at radius 1 is 1.23 bits per heavy atom. The summed E-state index contributed by atoms with van der Waals surface area (Å²) in [7, 11) is 0. The number of benzene rings is 1. The second-order valence-corrected chi connectivity index (χ2v) is 6.14. The fourth-order valence-electron chi connectivity index (χ4n) is 3.06. The first kappa shape index (κ1) is 16.5. The van der Waals surface area contributed by atoms with Gasteiger partial charge in [0.2, 0.25) is 11.8 Å². The Morgan fingerprint density at radius 2 is 1.95 bits per heavy atom. The molecule has 1 aliphatic rings. The predicted molar refractivity (Wildman–Crippen MR) is 88.8 cm³/mol. The third-order valence-electron chi connectivity index (χ3n) is 4.30. The van der Waals surface area contributed by atoms with Gasteiger partial charge in [0, 0.05) is 31.6 Å². The predicted octanol–water partition coefficient (Wildman–Crippen LogP) is 3.04. The van der Waals surface area contributed by atoms with Crippen LogP contribution >= 0.6 is 0 Å². The summed E-state index contributed by atoms with van der Waals surface area (Å²) >= 11 is 0. The van der Waals surface area contributed by atoms with E-state index in [1.807, 2.05) is 31.2 Å². The number of nitrogens with zero attached hydrogens (tertiary/aromatic N) is 1. The molecule has 0 radical (unpaired) electrons. The third-order valence-corrected chi connectivity index (χ3v) is 4.30. The van der Waals surface area contributed by atoms with E-state index in [1.165, 1.54) is 6.42 Å². The molecule has 1 aromatic carbocycles. The molecule has 0 atom stereocenters. The highest BCUT2D eigenvalue weighted by Crippen LogP contribution is 2.23. The molecular formula is C18H26N2O2. The Balaban J connectivity index is 1.87. The summed E-state index contributed by atoms with van der Waals surface area (Å²) in [6.07, 6.45) is 5.55. The van der Waals surface area contributed by atoms with Crippen LogP contribution in [0.5, 0.6) is 0 Å². The van der Waals surface area contributed by atoms with Gasteiger partial charge in [-0.25, -0.2) is 0 Å². The third kappa shape index (κ3) is 4.58. The molecule has 1 N–H and O–H groups in total. The van der Waals surface area contributed by atoms with Gasteiger partial charge >= 0.3 is 0 Å². The summed E-state index contributed by atoms with van der Waals surface area (Å²) in [4.78, 5) is 25.7. The van der Waals surface area contributed by atoms with Crippen molar-refractivity contribution in [2.24, 2.45) is 5.92 Å². The Hall–Kier alpha value is -1.84. The second-order valence-electron chi connectivity index (χ2n) is 6.14. The highest BCUT2D eigenvalue weighted by atomic mass is 16.2. The number of hydrogen-bond donors (Lipinski definition) is 1. The lowest BCUT2D eigenvalue weighted by Crippen LogP contribution is -2.40. The van der Waals surface area contributed by atoms with Gasteiger partial charge in [0.15, 0.2) is 0 Å². The van der Waals surface area contributed by atoms with Crippen LogP contribution in [0.1, 0.15) is 44.6 Å². The average Bonchev–Trinajstić information content (AvgIpc) is 2.51. The monoisotopic (exact) mass is 302 g/mol. The molecule has 0 heterocycles. The van der Waals surface area contributed by atoms with Gasteiger partial charge in [0.25, 0.3) is 0 Å². The van der Waals surface area contributed by atoms with Crippen LogP contribution in [0.25, 0.3) is 0 Å². The maximum absolute atomic E-state index is 12.1. The van der Waals surface area contributed by atoms with Crippen LogP contribution < -0.4 is 10.2 Å². The van der Waals surface area contributed by atoms with Crippen molar-refractivity contribution < 1.29 is 9.59 Å². The normalized spacial score (nSPS) is 15.4.